The Balaban J connectivity index is 2.08. The molecule has 0 aliphatic rings. The van der Waals surface area contributed by atoms with Crippen molar-refractivity contribution in [2.75, 3.05) is 18.5 Å². The van der Waals surface area contributed by atoms with E-state index in [2.05, 4.69) is 49.9 Å². The Kier molecular flexibility index (Phi) is 5.72. The van der Waals surface area contributed by atoms with E-state index in [9.17, 15) is 0 Å². The molecule has 1 atom stereocenters. The second kappa shape index (κ2) is 7.33. The van der Waals surface area contributed by atoms with Crippen molar-refractivity contribution >= 4 is 27.8 Å². The SMILES string of the molecule is CCCNC(C)c1sc(N(C)Cc2scnc2C)nc1C. The molecular weight excluding hydrogens is 300 g/mol. The molecule has 0 radical (unpaired) electrons. The smallest absolute Gasteiger partial charge is 0.185 e. The Morgan fingerprint density at radius 2 is 2.10 bits per heavy atom. The van der Waals surface area contributed by atoms with E-state index in [4.69, 9.17) is 4.98 Å². The lowest BCUT2D eigenvalue weighted by molar-refractivity contribution is 0.575. The quantitative estimate of drug-likeness (QED) is 0.838. The van der Waals surface area contributed by atoms with Gasteiger partial charge in [0, 0.05) is 22.8 Å². The van der Waals surface area contributed by atoms with Crippen molar-refractivity contribution in [3.05, 3.63) is 26.7 Å². The van der Waals surface area contributed by atoms with Crippen LogP contribution in [0.3, 0.4) is 0 Å². The van der Waals surface area contributed by atoms with Gasteiger partial charge in [-0.3, -0.25) is 0 Å². The van der Waals surface area contributed by atoms with Crippen molar-refractivity contribution in [3.8, 4) is 0 Å². The zero-order valence-electron chi connectivity index (χ0n) is 13.4. The summed E-state index contributed by atoms with van der Waals surface area (Å²) in [6, 6.07) is 0.370. The second-order valence-corrected chi connectivity index (χ2v) is 7.29. The van der Waals surface area contributed by atoms with Gasteiger partial charge in [-0.1, -0.05) is 6.92 Å². The number of rotatable bonds is 7. The minimum Gasteiger partial charge on any atom is -0.346 e. The summed E-state index contributed by atoms with van der Waals surface area (Å²) in [4.78, 5) is 13.9. The predicted molar refractivity (Wildman–Crippen MR) is 92.5 cm³/mol. The van der Waals surface area contributed by atoms with Crippen LogP contribution in [0.25, 0.3) is 0 Å². The van der Waals surface area contributed by atoms with Gasteiger partial charge in [0.15, 0.2) is 5.13 Å². The summed E-state index contributed by atoms with van der Waals surface area (Å²) in [5.74, 6) is 0. The molecule has 1 N–H and O–H groups in total. The molecule has 0 saturated carbocycles. The summed E-state index contributed by atoms with van der Waals surface area (Å²) < 4.78 is 0. The Hall–Kier alpha value is -0.980. The number of hydrogen-bond acceptors (Lipinski definition) is 6. The normalized spacial score (nSPS) is 12.6. The third-order valence-corrected chi connectivity index (χ3v) is 5.84. The van der Waals surface area contributed by atoms with E-state index in [0.717, 1.165) is 36.0 Å². The lowest BCUT2D eigenvalue weighted by Crippen LogP contribution is -2.19. The number of aryl methyl sites for hydroxylation is 2. The van der Waals surface area contributed by atoms with E-state index in [-0.39, 0.29) is 0 Å². The zero-order chi connectivity index (χ0) is 15.4. The van der Waals surface area contributed by atoms with E-state index >= 15 is 0 Å². The summed E-state index contributed by atoms with van der Waals surface area (Å²) in [7, 11) is 2.10. The molecule has 21 heavy (non-hydrogen) atoms. The van der Waals surface area contributed by atoms with E-state index in [1.54, 1.807) is 22.7 Å². The fourth-order valence-corrected chi connectivity index (χ4v) is 4.06. The molecule has 2 aromatic heterocycles. The number of anilines is 1. The van der Waals surface area contributed by atoms with Crippen LogP contribution in [0.1, 0.15) is 47.5 Å². The fraction of sp³-hybridized carbons (Fsp3) is 0.600. The van der Waals surface area contributed by atoms with Gasteiger partial charge in [0.05, 0.1) is 23.4 Å². The largest absolute Gasteiger partial charge is 0.346 e. The number of nitrogens with one attached hydrogen (secondary N) is 1. The average Bonchev–Trinajstić information content (AvgIpc) is 3.03. The van der Waals surface area contributed by atoms with E-state index in [1.165, 1.54) is 9.75 Å². The van der Waals surface area contributed by atoms with Gasteiger partial charge in [0.1, 0.15) is 0 Å². The lowest BCUT2D eigenvalue weighted by Gasteiger charge is -2.15. The monoisotopic (exact) mass is 324 g/mol. The highest BCUT2D eigenvalue weighted by Gasteiger charge is 2.16. The van der Waals surface area contributed by atoms with Crippen LogP contribution < -0.4 is 10.2 Å². The Morgan fingerprint density at radius 1 is 1.33 bits per heavy atom. The molecule has 1 unspecified atom stereocenters. The van der Waals surface area contributed by atoms with Gasteiger partial charge in [0.2, 0.25) is 0 Å². The number of nitrogens with zero attached hydrogens (tertiary/aromatic N) is 3. The summed E-state index contributed by atoms with van der Waals surface area (Å²) >= 11 is 3.50. The van der Waals surface area contributed by atoms with Crippen LogP contribution in [-0.4, -0.2) is 23.6 Å². The fourth-order valence-electron chi connectivity index (χ4n) is 2.17. The van der Waals surface area contributed by atoms with Crippen LogP contribution in [0.15, 0.2) is 5.51 Å². The molecule has 0 aliphatic carbocycles. The first-order valence-electron chi connectivity index (χ1n) is 7.33. The summed E-state index contributed by atoms with van der Waals surface area (Å²) in [6.07, 6.45) is 1.15. The second-order valence-electron chi connectivity index (χ2n) is 5.34. The third kappa shape index (κ3) is 4.02. The van der Waals surface area contributed by atoms with Gasteiger partial charge in [-0.15, -0.1) is 22.7 Å². The molecule has 0 aliphatic heterocycles. The molecule has 2 heterocycles. The summed E-state index contributed by atoms with van der Waals surface area (Å²) in [6.45, 7) is 10.5. The maximum Gasteiger partial charge on any atom is 0.185 e. The summed E-state index contributed by atoms with van der Waals surface area (Å²) in [5, 5.41) is 4.62. The lowest BCUT2D eigenvalue weighted by atomic mass is 10.2. The van der Waals surface area contributed by atoms with Crippen LogP contribution in [0.4, 0.5) is 5.13 Å². The van der Waals surface area contributed by atoms with Gasteiger partial charge in [-0.2, -0.15) is 0 Å². The van der Waals surface area contributed by atoms with E-state index < -0.39 is 0 Å². The van der Waals surface area contributed by atoms with Crippen molar-refractivity contribution < 1.29 is 0 Å². The standard InChI is InChI=1S/C15H24N4S2/c1-6-7-16-11(3)14-12(4)18-15(21-14)19(5)8-13-10(2)17-9-20-13/h9,11,16H,6-8H2,1-5H3. The van der Waals surface area contributed by atoms with Gasteiger partial charge < -0.3 is 10.2 Å². The molecule has 116 valence electrons. The molecule has 0 saturated heterocycles. The van der Waals surface area contributed by atoms with Crippen LogP contribution in [0, 0.1) is 13.8 Å². The van der Waals surface area contributed by atoms with Crippen molar-refractivity contribution in [2.45, 2.75) is 46.7 Å². The van der Waals surface area contributed by atoms with Gasteiger partial charge >= 0.3 is 0 Å². The molecule has 0 aromatic carbocycles. The number of thiazole rings is 2. The highest BCUT2D eigenvalue weighted by atomic mass is 32.1. The summed E-state index contributed by atoms with van der Waals surface area (Å²) in [5.41, 5.74) is 4.17. The Labute approximate surface area is 135 Å². The molecule has 6 heteroatoms. The molecule has 0 amide bonds. The average molecular weight is 325 g/mol. The van der Waals surface area contributed by atoms with Crippen LogP contribution in [-0.2, 0) is 6.54 Å². The first-order chi connectivity index (χ1) is 10.0. The number of hydrogen-bond donors (Lipinski definition) is 1. The van der Waals surface area contributed by atoms with Gasteiger partial charge in [-0.25, -0.2) is 9.97 Å². The highest BCUT2D eigenvalue weighted by Crippen LogP contribution is 2.31. The maximum atomic E-state index is 4.74. The molecule has 0 bridgehead atoms. The first-order valence-corrected chi connectivity index (χ1v) is 9.03. The van der Waals surface area contributed by atoms with E-state index in [1.807, 2.05) is 5.51 Å². The molecular formula is C15H24N4S2. The minimum absolute atomic E-state index is 0.370. The maximum absolute atomic E-state index is 4.74. The van der Waals surface area contributed by atoms with E-state index in [0.29, 0.717) is 6.04 Å². The molecule has 2 rings (SSSR count). The molecule has 2 aromatic rings. The Morgan fingerprint density at radius 3 is 2.71 bits per heavy atom. The van der Waals surface area contributed by atoms with Gasteiger partial charge in [-0.05, 0) is 33.7 Å². The predicted octanol–water partition coefficient (Wildman–Crippen LogP) is 3.91. The van der Waals surface area contributed by atoms with Gasteiger partial charge in [0.25, 0.3) is 0 Å². The van der Waals surface area contributed by atoms with Crippen molar-refractivity contribution in [1.82, 2.24) is 15.3 Å². The van der Waals surface area contributed by atoms with Crippen LogP contribution >= 0.6 is 22.7 Å². The number of aromatic nitrogens is 2. The third-order valence-electron chi connectivity index (χ3n) is 3.47. The Bertz CT molecular complexity index is 576. The van der Waals surface area contributed by atoms with Crippen molar-refractivity contribution in [1.29, 1.82) is 0 Å². The zero-order valence-corrected chi connectivity index (χ0v) is 15.1. The topological polar surface area (TPSA) is 41.0 Å². The first kappa shape index (κ1) is 16.4. The van der Waals surface area contributed by atoms with Crippen LogP contribution in [0.2, 0.25) is 0 Å². The molecule has 4 nitrogen and oxygen atoms in total. The highest BCUT2D eigenvalue weighted by molar-refractivity contribution is 7.15. The van der Waals surface area contributed by atoms with Crippen LogP contribution in [0.5, 0.6) is 0 Å². The minimum atomic E-state index is 0.370. The van der Waals surface area contributed by atoms with Crippen molar-refractivity contribution in [3.63, 3.8) is 0 Å². The molecule has 0 fully saturated rings. The van der Waals surface area contributed by atoms with Crippen molar-refractivity contribution in [2.24, 2.45) is 0 Å². The molecule has 0 spiro atoms.